The van der Waals surface area contributed by atoms with Gasteiger partial charge in [-0.15, -0.1) is 0 Å². The van der Waals surface area contributed by atoms with Crippen LogP contribution in [0.5, 0.6) is 0 Å². The molecule has 2 amide bonds. The Hall–Kier alpha value is -1.95. The first-order valence-electron chi connectivity index (χ1n) is 5.67. The average molecular weight is 261 g/mol. The molecule has 1 aliphatic rings. The zero-order valence-electron chi connectivity index (χ0n) is 9.55. The van der Waals surface area contributed by atoms with Crippen LogP contribution in [0.3, 0.4) is 0 Å². The largest absolute Gasteiger partial charge is 0.399 e. The van der Waals surface area contributed by atoms with Crippen LogP contribution in [-0.2, 0) is 9.59 Å². The van der Waals surface area contributed by atoms with Gasteiger partial charge in [-0.3, -0.25) is 9.59 Å². The summed E-state index contributed by atoms with van der Waals surface area (Å²) in [5.41, 5.74) is 7.10. The first-order chi connectivity index (χ1) is 8.65. The second-order valence-corrected chi connectivity index (χ2v) is 5.21. The number of imide groups is 1. The molecule has 0 unspecified atom stereocenters. The molecule has 92 valence electrons. The van der Waals surface area contributed by atoms with Gasteiger partial charge in [-0.05, 0) is 24.6 Å². The van der Waals surface area contributed by atoms with Crippen LogP contribution in [0, 0.1) is 0 Å². The molecule has 2 N–H and O–H groups in total. The highest BCUT2D eigenvalue weighted by Gasteiger charge is 2.29. The Morgan fingerprint density at radius 3 is 2.67 bits per heavy atom. The highest BCUT2D eigenvalue weighted by Crippen LogP contribution is 2.32. The molecule has 0 spiro atoms. The van der Waals surface area contributed by atoms with Gasteiger partial charge in [-0.1, -0.05) is 11.3 Å². The van der Waals surface area contributed by atoms with Crippen LogP contribution in [0.1, 0.15) is 19.3 Å². The molecule has 2 aromatic rings. The minimum Gasteiger partial charge on any atom is -0.399 e. The number of amides is 2. The molecule has 6 heteroatoms. The van der Waals surface area contributed by atoms with Crippen molar-refractivity contribution < 1.29 is 9.59 Å². The highest BCUT2D eigenvalue weighted by molar-refractivity contribution is 7.22. The Bertz CT molecular complexity index is 634. The van der Waals surface area contributed by atoms with E-state index in [1.165, 1.54) is 16.2 Å². The van der Waals surface area contributed by atoms with Crippen molar-refractivity contribution >= 4 is 44.2 Å². The number of hydrogen-bond acceptors (Lipinski definition) is 5. The lowest BCUT2D eigenvalue weighted by Crippen LogP contribution is -2.40. The van der Waals surface area contributed by atoms with E-state index in [2.05, 4.69) is 4.98 Å². The number of benzene rings is 1. The Morgan fingerprint density at radius 1 is 1.22 bits per heavy atom. The molecular formula is C12H11N3O2S. The van der Waals surface area contributed by atoms with Crippen LogP contribution in [0.2, 0.25) is 0 Å². The lowest BCUT2D eigenvalue weighted by Gasteiger charge is -2.21. The van der Waals surface area contributed by atoms with E-state index in [9.17, 15) is 9.59 Å². The van der Waals surface area contributed by atoms with E-state index in [0.29, 0.717) is 30.1 Å². The third kappa shape index (κ3) is 1.74. The fourth-order valence-corrected chi connectivity index (χ4v) is 3.04. The van der Waals surface area contributed by atoms with Gasteiger partial charge in [0, 0.05) is 18.5 Å². The third-order valence-electron chi connectivity index (χ3n) is 2.87. The van der Waals surface area contributed by atoms with Gasteiger partial charge in [0.15, 0.2) is 5.13 Å². The van der Waals surface area contributed by atoms with Crippen molar-refractivity contribution in [2.75, 3.05) is 10.6 Å². The molecule has 1 saturated heterocycles. The summed E-state index contributed by atoms with van der Waals surface area (Å²) in [4.78, 5) is 29.1. The maximum atomic E-state index is 11.8. The predicted octanol–water partition coefficient (Wildman–Crippen LogP) is 1.92. The monoisotopic (exact) mass is 261 g/mol. The molecule has 0 atom stereocenters. The third-order valence-corrected chi connectivity index (χ3v) is 3.88. The lowest BCUT2D eigenvalue weighted by atomic mass is 10.1. The summed E-state index contributed by atoms with van der Waals surface area (Å²) >= 11 is 1.32. The van der Waals surface area contributed by atoms with Gasteiger partial charge in [0.25, 0.3) is 0 Å². The summed E-state index contributed by atoms with van der Waals surface area (Å²) in [6.45, 7) is 0. The van der Waals surface area contributed by atoms with Crippen LogP contribution in [-0.4, -0.2) is 16.8 Å². The van der Waals surface area contributed by atoms with Gasteiger partial charge in [0.1, 0.15) is 0 Å². The van der Waals surface area contributed by atoms with Gasteiger partial charge in [0.05, 0.1) is 10.2 Å². The average Bonchev–Trinajstić information content (AvgIpc) is 2.71. The number of nitrogens with zero attached hydrogens (tertiary/aromatic N) is 2. The molecule has 1 aliphatic heterocycles. The summed E-state index contributed by atoms with van der Waals surface area (Å²) in [6.07, 6.45) is 1.44. The van der Waals surface area contributed by atoms with E-state index in [4.69, 9.17) is 5.73 Å². The number of carbonyl (C=O) groups is 2. The van der Waals surface area contributed by atoms with Crippen LogP contribution < -0.4 is 10.6 Å². The highest BCUT2D eigenvalue weighted by atomic mass is 32.1. The molecule has 18 heavy (non-hydrogen) atoms. The molecule has 3 rings (SSSR count). The number of rotatable bonds is 1. The number of fused-ring (bicyclic) bond motifs is 1. The Balaban J connectivity index is 2.08. The maximum Gasteiger partial charge on any atom is 0.235 e. The van der Waals surface area contributed by atoms with Gasteiger partial charge in [-0.2, -0.15) is 0 Å². The number of nitrogens with two attached hydrogens (primary N) is 1. The Morgan fingerprint density at radius 2 is 1.94 bits per heavy atom. The summed E-state index contributed by atoms with van der Waals surface area (Å²) in [7, 11) is 0. The minimum absolute atomic E-state index is 0.168. The van der Waals surface area contributed by atoms with Crippen molar-refractivity contribution in [3.05, 3.63) is 18.2 Å². The van der Waals surface area contributed by atoms with E-state index >= 15 is 0 Å². The molecule has 1 aromatic heterocycles. The van der Waals surface area contributed by atoms with E-state index < -0.39 is 0 Å². The van der Waals surface area contributed by atoms with Crippen LogP contribution in [0.25, 0.3) is 10.2 Å². The number of thiazole rings is 1. The topological polar surface area (TPSA) is 76.3 Å². The van der Waals surface area contributed by atoms with Crippen molar-refractivity contribution in [1.29, 1.82) is 0 Å². The van der Waals surface area contributed by atoms with E-state index in [1.807, 2.05) is 0 Å². The molecule has 0 bridgehead atoms. The van der Waals surface area contributed by atoms with Gasteiger partial charge in [0.2, 0.25) is 11.8 Å². The fourth-order valence-electron chi connectivity index (χ4n) is 1.99. The normalized spacial score (nSPS) is 16.6. The molecule has 0 radical (unpaired) electrons. The first-order valence-corrected chi connectivity index (χ1v) is 6.48. The molecule has 0 aliphatic carbocycles. The second kappa shape index (κ2) is 4.06. The molecular weight excluding hydrogens is 250 g/mol. The molecule has 0 saturated carbocycles. The second-order valence-electron chi connectivity index (χ2n) is 4.20. The quantitative estimate of drug-likeness (QED) is 0.628. The van der Waals surface area contributed by atoms with Crippen molar-refractivity contribution in [2.45, 2.75) is 19.3 Å². The van der Waals surface area contributed by atoms with E-state index in [0.717, 1.165) is 10.2 Å². The van der Waals surface area contributed by atoms with Gasteiger partial charge < -0.3 is 5.73 Å². The molecule has 1 fully saturated rings. The maximum absolute atomic E-state index is 11.8. The van der Waals surface area contributed by atoms with Crippen molar-refractivity contribution in [3.8, 4) is 0 Å². The SMILES string of the molecule is Nc1ccc2nc(N3C(=O)CCCC3=O)sc2c1. The van der Waals surface area contributed by atoms with Gasteiger partial charge in [-0.25, -0.2) is 9.88 Å². The van der Waals surface area contributed by atoms with Crippen LogP contribution >= 0.6 is 11.3 Å². The standard InChI is InChI=1S/C12H11N3O2S/c13-7-4-5-8-9(6-7)18-12(14-8)15-10(16)2-1-3-11(15)17/h4-6H,1-3,13H2. The smallest absolute Gasteiger partial charge is 0.235 e. The predicted molar refractivity (Wildman–Crippen MR) is 70.4 cm³/mol. The summed E-state index contributed by atoms with van der Waals surface area (Å²) in [5, 5.41) is 0.449. The summed E-state index contributed by atoms with van der Waals surface area (Å²) in [5.74, 6) is -0.337. The lowest BCUT2D eigenvalue weighted by molar-refractivity contribution is -0.129. The number of aromatic nitrogens is 1. The first kappa shape index (κ1) is 11.2. The number of nitrogen functional groups attached to an aromatic ring is 1. The number of carbonyl (C=O) groups excluding carboxylic acids is 2. The van der Waals surface area contributed by atoms with Crippen LogP contribution in [0.15, 0.2) is 18.2 Å². The van der Waals surface area contributed by atoms with Crippen LogP contribution in [0.4, 0.5) is 10.8 Å². The minimum atomic E-state index is -0.168. The number of anilines is 2. The molecule has 1 aromatic carbocycles. The zero-order valence-corrected chi connectivity index (χ0v) is 10.4. The summed E-state index contributed by atoms with van der Waals surface area (Å²) in [6, 6.07) is 5.35. The Labute approximate surface area is 107 Å². The zero-order chi connectivity index (χ0) is 12.7. The van der Waals surface area contributed by atoms with Crippen molar-refractivity contribution in [3.63, 3.8) is 0 Å². The molecule has 5 nitrogen and oxygen atoms in total. The number of piperidine rings is 1. The van der Waals surface area contributed by atoms with E-state index in [1.54, 1.807) is 18.2 Å². The van der Waals surface area contributed by atoms with Gasteiger partial charge >= 0.3 is 0 Å². The fraction of sp³-hybridized carbons (Fsp3) is 0.250. The molecule has 2 heterocycles. The van der Waals surface area contributed by atoms with E-state index in [-0.39, 0.29) is 11.8 Å². The Kier molecular flexibility index (Phi) is 2.52. The van der Waals surface area contributed by atoms with Crippen molar-refractivity contribution in [2.24, 2.45) is 0 Å². The van der Waals surface area contributed by atoms with Crippen molar-refractivity contribution in [1.82, 2.24) is 4.98 Å². The number of hydrogen-bond donors (Lipinski definition) is 1. The summed E-state index contributed by atoms with van der Waals surface area (Å²) < 4.78 is 0.885.